The Labute approximate surface area is 118 Å². The van der Waals surface area contributed by atoms with Crippen LogP contribution in [0.2, 0.25) is 0 Å². The van der Waals surface area contributed by atoms with Crippen LogP contribution in [0.25, 0.3) is 0 Å². The Morgan fingerprint density at radius 1 is 1.11 bits per heavy atom. The highest BCUT2D eigenvalue weighted by molar-refractivity contribution is 5.31. The molecule has 1 aliphatic carbocycles. The van der Waals surface area contributed by atoms with E-state index in [0.717, 1.165) is 12.6 Å². The maximum atomic E-state index is 3.74. The molecule has 0 unspecified atom stereocenters. The van der Waals surface area contributed by atoms with Crippen LogP contribution in [0.3, 0.4) is 0 Å². The molecule has 1 fully saturated rings. The predicted molar refractivity (Wildman–Crippen MR) is 83.8 cm³/mol. The molecule has 1 aromatic rings. The Morgan fingerprint density at radius 3 is 2.11 bits per heavy atom. The highest BCUT2D eigenvalue weighted by Crippen LogP contribution is 2.33. The molecule has 0 heterocycles. The van der Waals surface area contributed by atoms with Crippen molar-refractivity contribution in [2.75, 3.05) is 6.54 Å². The maximum absolute atomic E-state index is 3.74. The third-order valence-electron chi connectivity index (χ3n) is 4.85. The van der Waals surface area contributed by atoms with Gasteiger partial charge in [0.15, 0.2) is 0 Å². The van der Waals surface area contributed by atoms with E-state index in [0.29, 0.717) is 11.3 Å². The summed E-state index contributed by atoms with van der Waals surface area (Å²) in [6, 6.07) is 10.1. The van der Waals surface area contributed by atoms with Crippen molar-refractivity contribution in [1.82, 2.24) is 5.32 Å². The fourth-order valence-corrected chi connectivity index (χ4v) is 2.86. The summed E-state index contributed by atoms with van der Waals surface area (Å²) in [5, 5.41) is 3.74. The van der Waals surface area contributed by atoms with Crippen molar-refractivity contribution < 1.29 is 0 Å². The van der Waals surface area contributed by atoms with Gasteiger partial charge in [0.05, 0.1) is 0 Å². The third kappa shape index (κ3) is 3.39. The Morgan fingerprint density at radius 2 is 1.68 bits per heavy atom. The summed E-state index contributed by atoms with van der Waals surface area (Å²) in [4.78, 5) is 0. The summed E-state index contributed by atoms with van der Waals surface area (Å²) in [6.07, 6.45) is 5.17. The fraction of sp³-hybridized carbons (Fsp3) is 0.667. The van der Waals surface area contributed by atoms with E-state index >= 15 is 0 Å². The topological polar surface area (TPSA) is 12.0 Å². The van der Waals surface area contributed by atoms with Crippen molar-refractivity contribution in [1.29, 1.82) is 0 Å². The summed E-state index contributed by atoms with van der Waals surface area (Å²) in [6.45, 7) is 10.3. The molecule has 2 rings (SSSR count). The van der Waals surface area contributed by atoms with Gasteiger partial charge in [-0.2, -0.15) is 0 Å². The highest BCUT2D eigenvalue weighted by atomic mass is 15.0. The molecule has 0 amide bonds. The lowest BCUT2D eigenvalue weighted by atomic mass is 9.75. The average molecular weight is 259 g/mol. The molecule has 0 aliphatic heterocycles. The minimum Gasteiger partial charge on any atom is -0.313 e. The van der Waals surface area contributed by atoms with Crippen molar-refractivity contribution in [3.05, 3.63) is 35.4 Å². The fourth-order valence-electron chi connectivity index (χ4n) is 2.86. The molecule has 1 saturated carbocycles. The first-order valence-corrected chi connectivity index (χ1v) is 7.95. The van der Waals surface area contributed by atoms with Gasteiger partial charge >= 0.3 is 0 Å². The van der Waals surface area contributed by atoms with Crippen LogP contribution < -0.4 is 5.32 Å². The maximum Gasteiger partial charge on any atom is 0.00726 e. The quantitative estimate of drug-likeness (QED) is 0.753. The highest BCUT2D eigenvalue weighted by Gasteiger charge is 2.31. The minimum absolute atomic E-state index is 0.318. The number of rotatable bonds is 7. The molecule has 1 aromatic carbocycles. The second-order valence-electron chi connectivity index (χ2n) is 6.42. The molecule has 0 aromatic heterocycles. The predicted octanol–water partition coefficient (Wildman–Crippen LogP) is 4.62. The van der Waals surface area contributed by atoms with E-state index in [9.17, 15) is 0 Å². The van der Waals surface area contributed by atoms with E-state index in [1.165, 1.54) is 36.8 Å². The van der Waals surface area contributed by atoms with Gasteiger partial charge in [0.25, 0.3) is 0 Å². The summed E-state index contributed by atoms with van der Waals surface area (Å²) in [5.41, 5.74) is 3.27. The number of hydrogen-bond donors (Lipinski definition) is 1. The lowest BCUT2D eigenvalue weighted by Gasteiger charge is -2.33. The molecule has 0 spiro atoms. The normalized spacial score (nSPS) is 16.1. The van der Waals surface area contributed by atoms with E-state index in [1.54, 1.807) is 0 Å². The van der Waals surface area contributed by atoms with Gasteiger partial charge in [0, 0.05) is 18.0 Å². The molecule has 0 atom stereocenters. The van der Waals surface area contributed by atoms with Gasteiger partial charge in [-0.05, 0) is 42.7 Å². The van der Waals surface area contributed by atoms with Gasteiger partial charge in [-0.25, -0.2) is 0 Å². The van der Waals surface area contributed by atoms with Crippen LogP contribution in [-0.4, -0.2) is 12.6 Å². The van der Waals surface area contributed by atoms with Crippen molar-refractivity contribution in [2.24, 2.45) is 0 Å². The van der Waals surface area contributed by atoms with Gasteiger partial charge in [0.1, 0.15) is 0 Å². The van der Waals surface area contributed by atoms with E-state index in [-0.39, 0.29) is 0 Å². The van der Waals surface area contributed by atoms with Gasteiger partial charge < -0.3 is 5.32 Å². The van der Waals surface area contributed by atoms with Gasteiger partial charge in [-0.3, -0.25) is 0 Å². The van der Waals surface area contributed by atoms with E-state index < -0.39 is 0 Å². The van der Waals surface area contributed by atoms with Crippen LogP contribution in [0, 0.1) is 0 Å². The Bertz CT molecular complexity index is 383. The van der Waals surface area contributed by atoms with Gasteiger partial charge in [-0.15, -0.1) is 0 Å². The molecule has 106 valence electrons. The molecular weight excluding hydrogens is 230 g/mol. The zero-order valence-electron chi connectivity index (χ0n) is 13.0. The lowest BCUT2D eigenvalue weighted by Crippen LogP contribution is -2.38. The average Bonchev–Trinajstić information content (AvgIpc) is 3.25. The van der Waals surface area contributed by atoms with Crippen LogP contribution in [0.4, 0.5) is 0 Å². The zero-order chi connectivity index (χ0) is 13.9. The van der Waals surface area contributed by atoms with Crippen molar-refractivity contribution in [2.45, 2.75) is 70.8 Å². The molecule has 0 radical (unpaired) electrons. The SMILES string of the molecule is CCC(CC)(CNC1CC1)c1ccc(C(C)C)cc1. The summed E-state index contributed by atoms with van der Waals surface area (Å²) < 4.78 is 0. The Balaban J connectivity index is 2.15. The molecule has 1 heteroatoms. The molecular formula is C18H29N. The molecule has 0 saturated heterocycles. The van der Waals surface area contributed by atoms with Crippen LogP contribution in [0.5, 0.6) is 0 Å². The first kappa shape index (κ1) is 14.6. The Hall–Kier alpha value is -0.820. The third-order valence-corrected chi connectivity index (χ3v) is 4.85. The van der Waals surface area contributed by atoms with Crippen molar-refractivity contribution in [3.63, 3.8) is 0 Å². The number of benzene rings is 1. The molecule has 19 heavy (non-hydrogen) atoms. The van der Waals surface area contributed by atoms with E-state index in [2.05, 4.69) is 57.3 Å². The van der Waals surface area contributed by atoms with Crippen molar-refractivity contribution in [3.8, 4) is 0 Å². The molecule has 1 nitrogen and oxygen atoms in total. The van der Waals surface area contributed by atoms with Crippen LogP contribution >= 0.6 is 0 Å². The largest absolute Gasteiger partial charge is 0.313 e. The van der Waals surface area contributed by atoms with Gasteiger partial charge in [-0.1, -0.05) is 52.0 Å². The second kappa shape index (κ2) is 6.09. The monoisotopic (exact) mass is 259 g/mol. The lowest BCUT2D eigenvalue weighted by molar-refractivity contribution is 0.367. The number of hydrogen-bond acceptors (Lipinski definition) is 1. The first-order chi connectivity index (χ1) is 9.11. The summed E-state index contributed by atoms with van der Waals surface area (Å²) in [5.74, 6) is 0.622. The molecule has 0 bridgehead atoms. The Kier molecular flexibility index (Phi) is 4.67. The molecule has 1 aliphatic rings. The summed E-state index contributed by atoms with van der Waals surface area (Å²) >= 11 is 0. The van der Waals surface area contributed by atoms with Crippen molar-refractivity contribution >= 4 is 0 Å². The first-order valence-electron chi connectivity index (χ1n) is 7.95. The number of nitrogens with one attached hydrogen (secondary N) is 1. The van der Waals surface area contributed by atoms with Crippen LogP contribution in [-0.2, 0) is 5.41 Å². The van der Waals surface area contributed by atoms with Crippen LogP contribution in [0.1, 0.15) is 70.4 Å². The van der Waals surface area contributed by atoms with Gasteiger partial charge in [0.2, 0.25) is 0 Å². The summed E-state index contributed by atoms with van der Waals surface area (Å²) in [7, 11) is 0. The van der Waals surface area contributed by atoms with E-state index in [4.69, 9.17) is 0 Å². The minimum atomic E-state index is 0.318. The molecule has 1 N–H and O–H groups in total. The van der Waals surface area contributed by atoms with E-state index in [1.807, 2.05) is 0 Å². The zero-order valence-corrected chi connectivity index (χ0v) is 13.0. The second-order valence-corrected chi connectivity index (χ2v) is 6.42. The smallest absolute Gasteiger partial charge is 0.00726 e. The van der Waals surface area contributed by atoms with Crippen LogP contribution in [0.15, 0.2) is 24.3 Å². The standard InChI is InChI=1S/C18H29N/c1-5-18(6-2,13-19-17-11-12-17)16-9-7-15(8-10-16)14(3)4/h7-10,14,17,19H,5-6,11-13H2,1-4H3.